The van der Waals surface area contributed by atoms with Gasteiger partial charge in [-0.1, -0.05) is 0 Å². The Balaban J connectivity index is 1.53. The molecule has 1 fully saturated rings. The average Bonchev–Trinajstić information content (AvgIpc) is 2.97. The lowest BCUT2D eigenvalue weighted by molar-refractivity contribution is 0.0720. The SMILES string of the molecule is COc1ccc(NS(=O)(=O)c2ccc(NS(=O)(=O)c3ccc(OC)c(C(=O)N4CCCCC4)c3)cc2)c(OC)c1. The van der Waals surface area contributed by atoms with Crippen LogP contribution in [0.1, 0.15) is 29.6 Å². The van der Waals surface area contributed by atoms with Crippen molar-refractivity contribution in [2.24, 2.45) is 0 Å². The van der Waals surface area contributed by atoms with Gasteiger partial charge in [0.2, 0.25) is 0 Å². The number of likely N-dealkylation sites (tertiary alicyclic amines) is 1. The van der Waals surface area contributed by atoms with Gasteiger partial charge in [-0.15, -0.1) is 0 Å². The number of sulfonamides is 2. The summed E-state index contributed by atoms with van der Waals surface area (Å²) in [6.07, 6.45) is 2.83. The minimum atomic E-state index is -4.11. The molecule has 1 saturated heterocycles. The third kappa shape index (κ3) is 6.42. The molecule has 4 rings (SSSR count). The molecule has 1 amide bonds. The Morgan fingerprint density at radius 2 is 1.32 bits per heavy atom. The van der Waals surface area contributed by atoms with E-state index in [9.17, 15) is 21.6 Å². The Bertz CT molecular complexity index is 1580. The van der Waals surface area contributed by atoms with Crippen molar-refractivity contribution in [2.45, 2.75) is 29.1 Å². The maximum absolute atomic E-state index is 13.2. The van der Waals surface area contributed by atoms with Crippen molar-refractivity contribution >= 4 is 37.3 Å². The molecule has 2 N–H and O–H groups in total. The monoisotopic (exact) mass is 589 g/mol. The van der Waals surface area contributed by atoms with Crippen molar-refractivity contribution in [1.82, 2.24) is 4.90 Å². The summed E-state index contributed by atoms with van der Waals surface area (Å²) in [4.78, 5) is 14.6. The van der Waals surface area contributed by atoms with E-state index in [1.54, 1.807) is 17.0 Å². The van der Waals surface area contributed by atoms with E-state index in [0.29, 0.717) is 18.8 Å². The third-order valence-corrected chi connectivity index (χ3v) is 9.19. The molecular weight excluding hydrogens is 558 g/mol. The molecule has 1 heterocycles. The molecule has 40 heavy (non-hydrogen) atoms. The van der Waals surface area contributed by atoms with Gasteiger partial charge in [-0.25, -0.2) is 16.8 Å². The van der Waals surface area contributed by atoms with E-state index < -0.39 is 20.0 Å². The highest BCUT2D eigenvalue weighted by Gasteiger charge is 2.25. The molecule has 0 radical (unpaired) electrons. The van der Waals surface area contributed by atoms with Gasteiger partial charge >= 0.3 is 0 Å². The summed E-state index contributed by atoms with van der Waals surface area (Å²) in [5.74, 6) is 0.760. The van der Waals surface area contributed by atoms with Crippen molar-refractivity contribution < 1.29 is 35.8 Å². The predicted molar refractivity (Wildman–Crippen MR) is 150 cm³/mol. The second kappa shape index (κ2) is 12.0. The molecule has 214 valence electrons. The van der Waals surface area contributed by atoms with Crippen LogP contribution in [-0.2, 0) is 20.0 Å². The minimum absolute atomic E-state index is 0.0906. The number of nitrogens with one attached hydrogen (secondary N) is 2. The summed E-state index contributed by atoms with van der Waals surface area (Å²) in [6, 6.07) is 13.9. The summed E-state index contributed by atoms with van der Waals surface area (Å²) in [6.45, 7) is 1.21. The summed E-state index contributed by atoms with van der Waals surface area (Å²) in [5.41, 5.74) is 0.511. The number of amides is 1. The van der Waals surface area contributed by atoms with Crippen LogP contribution in [0.15, 0.2) is 70.5 Å². The standard InChI is InChI=1S/C27H31N3O8S2/c1-36-20-9-13-24(26(17-20)38-3)29-39(32,33)21-10-7-19(8-11-21)28-40(34,35)22-12-14-25(37-2)23(18-22)27(31)30-15-5-4-6-16-30/h7-14,17-18,28-29H,4-6,15-16H2,1-3H3. The van der Waals surface area contributed by atoms with E-state index in [2.05, 4.69) is 9.44 Å². The summed E-state index contributed by atoms with van der Waals surface area (Å²) in [7, 11) is -3.81. The summed E-state index contributed by atoms with van der Waals surface area (Å²) < 4.78 is 72.8. The van der Waals surface area contributed by atoms with E-state index in [1.807, 2.05) is 0 Å². The minimum Gasteiger partial charge on any atom is -0.497 e. The van der Waals surface area contributed by atoms with Crippen LogP contribution < -0.4 is 23.7 Å². The number of ether oxygens (including phenoxy) is 3. The van der Waals surface area contributed by atoms with Gasteiger partial charge in [-0.2, -0.15) is 0 Å². The zero-order chi connectivity index (χ0) is 28.9. The second-order valence-electron chi connectivity index (χ2n) is 9.02. The van der Waals surface area contributed by atoms with Gasteiger partial charge in [0.15, 0.2) is 0 Å². The summed E-state index contributed by atoms with van der Waals surface area (Å²) in [5, 5.41) is 0. The lowest BCUT2D eigenvalue weighted by atomic mass is 10.1. The molecule has 1 aliphatic heterocycles. The molecule has 0 atom stereocenters. The molecule has 0 spiro atoms. The lowest BCUT2D eigenvalue weighted by Gasteiger charge is -2.27. The second-order valence-corrected chi connectivity index (χ2v) is 12.4. The van der Waals surface area contributed by atoms with Crippen molar-refractivity contribution in [3.8, 4) is 17.2 Å². The number of piperidine rings is 1. The van der Waals surface area contributed by atoms with Gasteiger partial charge in [0.1, 0.15) is 17.2 Å². The number of carbonyl (C=O) groups excluding carboxylic acids is 1. The molecule has 0 saturated carbocycles. The van der Waals surface area contributed by atoms with Crippen molar-refractivity contribution in [3.63, 3.8) is 0 Å². The molecule has 11 nitrogen and oxygen atoms in total. The molecular formula is C27H31N3O8S2. The Morgan fingerprint density at radius 1 is 0.700 bits per heavy atom. The number of methoxy groups -OCH3 is 3. The van der Waals surface area contributed by atoms with E-state index in [0.717, 1.165) is 19.3 Å². The Morgan fingerprint density at radius 3 is 1.95 bits per heavy atom. The Hall–Kier alpha value is -3.97. The summed E-state index contributed by atoms with van der Waals surface area (Å²) >= 11 is 0. The van der Waals surface area contributed by atoms with Crippen LogP contribution in [0.5, 0.6) is 17.2 Å². The quantitative estimate of drug-likeness (QED) is 0.362. The van der Waals surface area contributed by atoms with Crippen LogP contribution in [0.25, 0.3) is 0 Å². The Kier molecular flexibility index (Phi) is 8.74. The molecule has 3 aromatic rings. The highest BCUT2D eigenvalue weighted by molar-refractivity contribution is 7.93. The topological polar surface area (TPSA) is 140 Å². The molecule has 3 aromatic carbocycles. The molecule has 0 aliphatic carbocycles. The highest BCUT2D eigenvalue weighted by atomic mass is 32.2. The fraction of sp³-hybridized carbons (Fsp3) is 0.296. The first-order chi connectivity index (χ1) is 19.1. The number of carbonyl (C=O) groups is 1. The number of hydrogen-bond donors (Lipinski definition) is 2. The van der Waals surface area contributed by atoms with Gasteiger partial charge < -0.3 is 19.1 Å². The van der Waals surface area contributed by atoms with E-state index in [1.165, 1.54) is 69.9 Å². The molecule has 0 unspecified atom stereocenters. The molecule has 0 bridgehead atoms. The zero-order valence-corrected chi connectivity index (χ0v) is 24.0. The smallest absolute Gasteiger partial charge is 0.262 e. The zero-order valence-electron chi connectivity index (χ0n) is 22.3. The first-order valence-corrected chi connectivity index (χ1v) is 15.4. The van der Waals surface area contributed by atoms with Crippen LogP contribution in [-0.4, -0.2) is 62.1 Å². The van der Waals surface area contributed by atoms with Crippen molar-refractivity contribution in [1.29, 1.82) is 0 Å². The van der Waals surface area contributed by atoms with Gasteiger partial charge in [-0.05, 0) is 73.9 Å². The van der Waals surface area contributed by atoms with Gasteiger partial charge in [0.05, 0.1) is 42.4 Å². The first kappa shape index (κ1) is 29.0. The van der Waals surface area contributed by atoms with Gasteiger partial charge in [0.25, 0.3) is 26.0 Å². The van der Waals surface area contributed by atoms with Crippen LogP contribution in [0, 0.1) is 0 Å². The Labute approximate surface area is 234 Å². The first-order valence-electron chi connectivity index (χ1n) is 12.4. The fourth-order valence-electron chi connectivity index (χ4n) is 4.29. The van der Waals surface area contributed by atoms with Crippen molar-refractivity contribution in [3.05, 3.63) is 66.2 Å². The predicted octanol–water partition coefficient (Wildman–Crippen LogP) is 3.94. The number of rotatable bonds is 10. The van der Waals surface area contributed by atoms with Crippen LogP contribution in [0.4, 0.5) is 11.4 Å². The van der Waals surface area contributed by atoms with Crippen LogP contribution in [0.3, 0.4) is 0 Å². The number of anilines is 2. The third-order valence-electron chi connectivity index (χ3n) is 6.42. The maximum atomic E-state index is 13.2. The molecule has 13 heteroatoms. The van der Waals surface area contributed by atoms with Crippen molar-refractivity contribution in [2.75, 3.05) is 43.9 Å². The fourth-order valence-corrected chi connectivity index (χ4v) is 6.45. The molecule has 1 aliphatic rings. The normalized spacial score (nSPS) is 13.8. The highest BCUT2D eigenvalue weighted by Crippen LogP contribution is 2.31. The lowest BCUT2D eigenvalue weighted by Crippen LogP contribution is -2.35. The number of benzene rings is 3. The average molecular weight is 590 g/mol. The molecule has 0 aromatic heterocycles. The van der Waals surface area contributed by atoms with Gasteiger partial charge in [0, 0.05) is 24.8 Å². The van der Waals surface area contributed by atoms with E-state index >= 15 is 0 Å². The van der Waals surface area contributed by atoms with E-state index in [4.69, 9.17) is 14.2 Å². The van der Waals surface area contributed by atoms with Gasteiger partial charge in [-0.3, -0.25) is 14.2 Å². The number of hydrogen-bond acceptors (Lipinski definition) is 8. The maximum Gasteiger partial charge on any atom is 0.262 e. The largest absolute Gasteiger partial charge is 0.497 e. The van der Waals surface area contributed by atoms with Crippen LogP contribution in [0.2, 0.25) is 0 Å². The van der Waals surface area contributed by atoms with Crippen LogP contribution >= 0.6 is 0 Å². The van der Waals surface area contributed by atoms with E-state index in [-0.39, 0.29) is 44.1 Å². The number of nitrogens with zero attached hydrogens (tertiary/aromatic N) is 1.